The Balaban J connectivity index is 1.78. The molecule has 1 aliphatic rings. The second kappa shape index (κ2) is 7.69. The SMILES string of the molecule is Cn1c(-c2cncc(-c3cccc(C#N)c3)c2N2CC[C@H](N)C2)nc2c(Cl)cccc21. The zero-order chi connectivity index (χ0) is 21.5. The molecule has 0 amide bonds. The molecule has 2 N–H and O–H groups in total. The van der Waals surface area contributed by atoms with E-state index in [0.29, 0.717) is 10.6 Å². The van der Waals surface area contributed by atoms with Crippen molar-refractivity contribution in [3.8, 4) is 28.6 Å². The number of anilines is 1. The number of hydrogen-bond donors (Lipinski definition) is 1. The van der Waals surface area contributed by atoms with Crippen molar-refractivity contribution in [1.29, 1.82) is 5.26 Å². The van der Waals surface area contributed by atoms with Crippen LogP contribution in [0.3, 0.4) is 0 Å². The predicted octanol–water partition coefficient (Wildman–Crippen LogP) is 4.36. The number of nitrogens with two attached hydrogens (primary N) is 1. The summed E-state index contributed by atoms with van der Waals surface area (Å²) < 4.78 is 2.05. The zero-order valence-electron chi connectivity index (χ0n) is 17.1. The normalized spacial score (nSPS) is 16.1. The third-order valence-corrected chi connectivity index (χ3v) is 6.17. The van der Waals surface area contributed by atoms with E-state index in [9.17, 15) is 5.26 Å². The first-order valence-electron chi connectivity index (χ1n) is 10.2. The topological polar surface area (TPSA) is 83.8 Å². The molecular weight excluding hydrogens is 408 g/mol. The number of imidazole rings is 1. The van der Waals surface area contributed by atoms with E-state index in [0.717, 1.165) is 58.7 Å². The fraction of sp³-hybridized carbons (Fsp3) is 0.208. The van der Waals surface area contributed by atoms with Gasteiger partial charge in [0.15, 0.2) is 0 Å². The molecule has 0 spiro atoms. The van der Waals surface area contributed by atoms with Crippen molar-refractivity contribution in [2.24, 2.45) is 12.8 Å². The lowest BCUT2D eigenvalue weighted by Crippen LogP contribution is -2.27. The smallest absolute Gasteiger partial charge is 0.144 e. The Morgan fingerprint density at radius 1 is 1.16 bits per heavy atom. The van der Waals surface area contributed by atoms with E-state index in [4.69, 9.17) is 22.3 Å². The van der Waals surface area contributed by atoms with E-state index >= 15 is 0 Å². The summed E-state index contributed by atoms with van der Waals surface area (Å²) in [6.07, 6.45) is 4.63. The molecule has 0 aliphatic carbocycles. The van der Waals surface area contributed by atoms with Gasteiger partial charge in [0.25, 0.3) is 0 Å². The van der Waals surface area contributed by atoms with Gasteiger partial charge >= 0.3 is 0 Å². The van der Waals surface area contributed by atoms with Crippen LogP contribution in [0.1, 0.15) is 12.0 Å². The van der Waals surface area contributed by atoms with Crippen molar-refractivity contribution < 1.29 is 0 Å². The highest BCUT2D eigenvalue weighted by molar-refractivity contribution is 6.35. The predicted molar refractivity (Wildman–Crippen MR) is 124 cm³/mol. The molecule has 1 saturated heterocycles. The highest BCUT2D eigenvalue weighted by Crippen LogP contribution is 2.41. The average molecular weight is 429 g/mol. The van der Waals surface area contributed by atoms with Crippen LogP contribution in [0.15, 0.2) is 54.9 Å². The first-order valence-corrected chi connectivity index (χ1v) is 10.5. The van der Waals surface area contributed by atoms with Crippen LogP contribution in [0.5, 0.6) is 0 Å². The fourth-order valence-corrected chi connectivity index (χ4v) is 4.55. The van der Waals surface area contributed by atoms with Crippen molar-refractivity contribution >= 4 is 28.3 Å². The maximum absolute atomic E-state index is 9.38. The lowest BCUT2D eigenvalue weighted by molar-refractivity contribution is 0.752. The van der Waals surface area contributed by atoms with Gasteiger partial charge in [-0.25, -0.2) is 4.98 Å². The van der Waals surface area contributed by atoms with Crippen LogP contribution >= 0.6 is 11.6 Å². The molecule has 1 fully saturated rings. The second-order valence-corrected chi connectivity index (χ2v) is 8.28. The summed E-state index contributed by atoms with van der Waals surface area (Å²) in [6.45, 7) is 1.61. The molecule has 1 aliphatic heterocycles. The van der Waals surface area contributed by atoms with Crippen LogP contribution in [0, 0.1) is 11.3 Å². The van der Waals surface area contributed by atoms with Crippen LogP contribution in [0.25, 0.3) is 33.5 Å². The van der Waals surface area contributed by atoms with Crippen LogP contribution in [0.2, 0.25) is 5.02 Å². The molecule has 0 unspecified atom stereocenters. The molecule has 1 atom stereocenters. The van der Waals surface area contributed by atoms with Gasteiger partial charge in [0.1, 0.15) is 11.3 Å². The first kappa shape index (κ1) is 19.6. The van der Waals surface area contributed by atoms with Gasteiger partial charge in [0, 0.05) is 44.1 Å². The van der Waals surface area contributed by atoms with Crippen LogP contribution < -0.4 is 10.6 Å². The molecule has 0 saturated carbocycles. The highest BCUT2D eigenvalue weighted by Gasteiger charge is 2.27. The Bertz CT molecular complexity index is 1340. The number of nitrogens with zero attached hydrogens (tertiary/aromatic N) is 5. The molecule has 6 nitrogen and oxygen atoms in total. The van der Waals surface area contributed by atoms with Crippen molar-refractivity contribution in [3.63, 3.8) is 0 Å². The molecule has 7 heteroatoms. The Labute approximate surface area is 185 Å². The molecule has 2 aromatic carbocycles. The van der Waals surface area contributed by atoms with Crippen LogP contribution in [-0.2, 0) is 7.05 Å². The van der Waals surface area contributed by atoms with E-state index < -0.39 is 0 Å². The molecule has 0 bridgehead atoms. The van der Waals surface area contributed by atoms with Crippen LogP contribution in [-0.4, -0.2) is 33.7 Å². The third kappa shape index (κ3) is 3.32. The van der Waals surface area contributed by atoms with Gasteiger partial charge in [-0.3, -0.25) is 4.98 Å². The number of para-hydroxylation sites is 1. The summed E-state index contributed by atoms with van der Waals surface area (Å²) in [5.74, 6) is 0.796. The summed E-state index contributed by atoms with van der Waals surface area (Å²) >= 11 is 6.43. The van der Waals surface area contributed by atoms with Gasteiger partial charge in [0.05, 0.1) is 33.4 Å². The highest BCUT2D eigenvalue weighted by atomic mass is 35.5. The van der Waals surface area contributed by atoms with Gasteiger partial charge in [-0.1, -0.05) is 29.8 Å². The van der Waals surface area contributed by atoms with Gasteiger partial charge < -0.3 is 15.2 Å². The number of nitriles is 1. The van der Waals surface area contributed by atoms with Crippen molar-refractivity contribution in [3.05, 3.63) is 65.4 Å². The Morgan fingerprint density at radius 2 is 1.97 bits per heavy atom. The molecule has 4 aromatic rings. The summed E-state index contributed by atoms with van der Waals surface area (Å²) in [5.41, 5.74) is 12.5. The van der Waals surface area contributed by atoms with Crippen molar-refractivity contribution in [2.75, 3.05) is 18.0 Å². The quantitative estimate of drug-likeness (QED) is 0.524. The summed E-state index contributed by atoms with van der Waals surface area (Å²) in [4.78, 5) is 11.7. The molecule has 5 rings (SSSR count). The zero-order valence-corrected chi connectivity index (χ0v) is 17.8. The van der Waals surface area contributed by atoms with E-state index in [2.05, 4.69) is 16.0 Å². The monoisotopic (exact) mass is 428 g/mol. The average Bonchev–Trinajstić information content (AvgIpc) is 3.37. The van der Waals surface area contributed by atoms with E-state index in [1.54, 1.807) is 6.07 Å². The Kier molecular flexibility index (Phi) is 4.85. The molecule has 0 radical (unpaired) electrons. The Morgan fingerprint density at radius 3 is 2.71 bits per heavy atom. The van der Waals surface area contributed by atoms with E-state index in [-0.39, 0.29) is 6.04 Å². The largest absolute Gasteiger partial charge is 0.369 e. The molecule has 3 heterocycles. The second-order valence-electron chi connectivity index (χ2n) is 7.87. The van der Waals surface area contributed by atoms with E-state index in [1.165, 1.54) is 0 Å². The van der Waals surface area contributed by atoms with E-state index in [1.807, 2.05) is 60.4 Å². The van der Waals surface area contributed by atoms with Gasteiger partial charge in [-0.05, 0) is 36.2 Å². The molecule has 2 aromatic heterocycles. The van der Waals surface area contributed by atoms with Crippen LogP contribution in [0.4, 0.5) is 5.69 Å². The summed E-state index contributed by atoms with van der Waals surface area (Å²) in [5, 5.41) is 10.0. The number of benzene rings is 2. The van der Waals surface area contributed by atoms with Gasteiger partial charge in [0.2, 0.25) is 0 Å². The standard InChI is InChI=1S/C24H21ClN6/c1-30-21-7-3-6-20(25)22(21)29-24(30)19-13-28-12-18(16-5-2-4-15(10-16)11-26)23(19)31-9-8-17(27)14-31/h2-7,10,12-13,17H,8-9,14,27H2,1H3/t17-/m0/s1. The lowest BCUT2D eigenvalue weighted by Gasteiger charge is -2.25. The number of rotatable bonds is 3. The molecule has 31 heavy (non-hydrogen) atoms. The molecule has 154 valence electrons. The number of aromatic nitrogens is 3. The number of aryl methyl sites for hydroxylation is 1. The third-order valence-electron chi connectivity index (χ3n) is 5.86. The number of hydrogen-bond acceptors (Lipinski definition) is 5. The van der Waals surface area contributed by atoms with Crippen molar-refractivity contribution in [1.82, 2.24) is 14.5 Å². The van der Waals surface area contributed by atoms with Gasteiger partial charge in [-0.2, -0.15) is 5.26 Å². The minimum atomic E-state index is 0.120. The summed E-state index contributed by atoms with van der Waals surface area (Å²) in [7, 11) is 1.99. The maximum atomic E-state index is 9.38. The maximum Gasteiger partial charge on any atom is 0.144 e. The summed E-state index contributed by atoms with van der Waals surface area (Å²) in [6, 6.07) is 15.7. The minimum absolute atomic E-state index is 0.120. The number of halogens is 1. The minimum Gasteiger partial charge on any atom is -0.369 e. The van der Waals surface area contributed by atoms with Crippen molar-refractivity contribution in [2.45, 2.75) is 12.5 Å². The number of pyridine rings is 1. The Hall–Kier alpha value is -3.40. The van der Waals surface area contributed by atoms with Gasteiger partial charge in [-0.15, -0.1) is 0 Å². The first-order chi connectivity index (χ1) is 15.1. The fourth-order valence-electron chi connectivity index (χ4n) is 4.34. The lowest BCUT2D eigenvalue weighted by atomic mass is 10.00. The number of fused-ring (bicyclic) bond motifs is 1. The molecular formula is C24H21ClN6.